The molecule has 0 aliphatic rings. The Hall–Kier alpha value is -1.42. The van der Waals surface area contributed by atoms with Gasteiger partial charge in [-0.25, -0.2) is 4.79 Å². The van der Waals surface area contributed by atoms with Crippen molar-refractivity contribution in [3.63, 3.8) is 0 Å². The van der Waals surface area contributed by atoms with Gasteiger partial charge in [0.2, 0.25) is 0 Å². The highest BCUT2D eigenvalue weighted by Gasteiger charge is 2.12. The molecule has 1 heterocycles. The van der Waals surface area contributed by atoms with Crippen molar-refractivity contribution in [1.82, 2.24) is 4.98 Å². The van der Waals surface area contributed by atoms with Crippen molar-refractivity contribution >= 4 is 32.8 Å². The first kappa shape index (κ1) is 11.1. The number of aromatic nitrogens is 1. The van der Waals surface area contributed by atoms with Gasteiger partial charge in [-0.15, -0.1) is 0 Å². The van der Waals surface area contributed by atoms with Gasteiger partial charge in [0.05, 0.1) is 23.9 Å². The average molecular weight is 280 g/mol. The molecule has 0 amide bonds. The van der Waals surface area contributed by atoms with E-state index in [0.717, 1.165) is 15.4 Å². The van der Waals surface area contributed by atoms with Crippen molar-refractivity contribution in [2.75, 3.05) is 7.11 Å². The van der Waals surface area contributed by atoms with Crippen LogP contribution in [0.15, 0.2) is 28.7 Å². The average Bonchev–Trinajstić information content (AvgIpc) is 2.28. The molecular weight excluding hydrogens is 270 g/mol. The maximum atomic E-state index is 11.5. The molecule has 82 valence electrons. The molecule has 0 atom stereocenters. The summed E-state index contributed by atoms with van der Waals surface area (Å²) in [7, 11) is 1.37. The van der Waals surface area contributed by atoms with E-state index in [9.17, 15) is 4.79 Å². The number of halogens is 1. The number of fused-ring (bicyclic) bond motifs is 1. The lowest BCUT2D eigenvalue weighted by Gasteiger charge is -2.06. The Balaban J connectivity index is 2.74. The number of benzene rings is 1. The van der Waals surface area contributed by atoms with Crippen molar-refractivity contribution in [1.29, 1.82) is 0 Å². The Morgan fingerprint density at radius 2 is 2.19 bits per heavy atom. The molecule has 3 nitrogen and oxygen atoms in total. The predicted molar refractivity (Wildman–Crippen MR) is 65.5 cm³/mol. The van der Waals surface area contributed by atoms with Crippen LogP contribution in [0.25, 0.3) is 10.9 Å². The summed E-state index contributed by atoms with van der Waals surface area (Å²) < 4.78 is 5.63. The number of esters is 1. The lowest BCUT2D eigenvalue weighted by Crippen LogP contribution is -2.05. The molecule has 0 spiro atoms. The maximum Gasteiger partial charge on any atom is 0.339 e. The number of hydrogen-bond donors (Lipinski definition) is 0. The van der Waals surface area contributed by atoms with Crippen molar-refractivity contribution < 1.29 is 9.53 Å². The second-order valence-corrected chi connectivity index (χ2v) is 4.27. The minimum absolute atomic E-state index is 0.359. The molecular formula is C12H10BrNO2. The topological polar surface area (TPSA) is 39.2 Å². The first-order valence-electron chi connectivity index (χ1n) is 4.77. The number of rotatable bonds is 1. The van der Waals surface area contributed by atoms with Crippen LogP contribution in [-0.4, -0.2) is 18.1 Å². The first-order chi connectivity index (χ1) is 7.63. The zero-order chi connectivity index (χ0) is 11.7. The smallest absolute Gasteiger partial charge is 0.339 e. The van der Waals surface area contributed by atoms with E-state index in [-0.39, 0.29) is 5.97 Å². The Morgan fingerprint density at radius 1 is 1.44 bits per heavy atom. The highest BCUT2D eigenvalue weighted by molar-refractivity contribution is 9.10. The lowest BCUT2D eigenvalue weighted by molar-refractivity contribution is 0.0599. The van der Waals surface area contributed by atoms with E-state index in [1.54, 1.807) is 13.0 Å². The fourth-order valence-electron chi connectivity index (χ4n) is 1.57. The minimum Gasteiger partial charge on any atom is -0.465 e. The highest BCUT2D eigenvalue weighted by atomic mass is 79.9. The van der Waals surface area contributed by atoms with Crippen LogP contribution in [0.3, 0.4) is 0 Å². The first-order valence-corrected chi connectivity index (χ1v) is 5.57. The van der Waals surface area contributed by atoms with Crippen LogP contribution in [-0.2, 0) is 4.74 Å². The number of carbonyl (C=O) groups excluding carboxylic acids is 1. The molecule has 0 saturated heterocycles. The Kier molecular flexibility index (Phi) is 2.92. The molecule has 0 unspecified atom stereocenters. The van der Waals surface area contributed by atoms with Gasteiger partial charge in [-0.05, 0) is 25.1 Å². The Bertz CT molecular complexity index is 566. The number of aryl methyl sites for hydroxylation is 1. The van der Waals surface area contributed by atoms with Gasteiger partial charge in [0.15, 0.2) is 0 Å². The summed E-state index contributed by atoms with van der Waals surface area (Å²) in [5.74, 6) is -0.359. The molecule has 16 heavy (non-hydrogen) atoms. The molecule has 4 heteroatoms. The molecule has 2 aromatic rings. The quantitative estimate of drug-likeness (QED) is 0.753. The second kappa shape index (κ2) is 4.22. The summed E-state index contributed by atoms with van der Waals surface area (Å²) in [6, 6.07) is 7.54. The van der Waals surface area contributed by atoms with Gasteiger partial charge < -0.3 is 4.74 Å². The molecule has 0 radical (unpaired) electrons. The van der Waals surface area contributed by atoms with Gasteiger partial charge in [0.1, 0.15) is 0 Å². The van der Waals surface area contributed by atoms with Gasteiger partial charge in [-0.1, -0.05) is 22.0 Å². The van der Waals surface area contributed by atoms with Crippen LogP contribution < -0.4 is 0 Å². The van der Waals surface area contributed by atoms with E-state index >= 15 is 0 Å². The molecule has 0 saturated carbocycles. The van der Waals surface area contributed by atoms with E-state index in [1.807, 2.05) is 18.2 Å². The molecule has 1 aromatic heterocycles. The van der Waals surface area contributed by atoms with E-state index in [1.165, 1.54) is 7.11 Å². The van der Waals surface area contributed by atoms with Gasteiger partial charge in [0.25, 0.3) is 0 Å². The minimum atomic E-state index is -0.359. The number of methoxy groups -OCH3 is 1. The molecule has 0 N–H and O–H groups in total. The van der Waals surface area contributed by atoms with Crippen molar-refractivity contribution in [3.05, 3.63) is 40.0 Å². The third-order valence-corrected chi connectivity index (χ3v) is 3.09. The van der Waals surface area contributed by atoms with Crippen LogP contribution in [0.2, 0.25) is 0 Å². The van der Waals surface area contributed by atoms with E-state index in [2.05, 4.69) is 20.9 Å². The van der Waals surface area contributed by atoms with Gasteiger partial charge in [-0.2, -0.15) is 0 Å². The molecule has 0 bridgehead atoms. The highest BCUT2D eigenvalue weighted by Crippen LogP contribution is 2.24. The number of ether oxygens (including phenoxy) is 1. The summed E-state index contributed by atoms with van der Waals surface area (Å²) in [4.78, 5) is 15.9. The van der Waals surface area contributed by atoms with E-state index in [0.29, 0.717) is 11.3 Å². The third-order valence-electron chi connectivity index (χ3n) is 2.40. The molecule has 0 aliphatic heterocycles. The number of pyridine rings is 1. The van der Waals surface area contributed by atoms with Gasteiger partial charge >= 0.3 is 5.97 Å². The maximum absolute atomic E-state index is 11.5. The van der Waals surface area contributed by atoms with Crippen molar-refractivity contribution in [2.24, 2.45) is 0 Å². The summed E-state index contributed by atoms with van der Waals surface area (Å²) in [5.41, 5.74) is 2.04. The number of nitrogens with zero attached hydrogens (tertiary/aromatic N) is 1. The zero-order valence-corrected chi connectivity index (χ0v) is 10.5. The molecule has 0 fully saturated rings. The molecule has 1 aromatic carbocycles. The van der Waals surface area contributed by atoms with Crippen LogP contribution >= 0.6 is 15.9 Å². The second-order valence-electron chi connectivity index (χ2n) is 3.42. The molecule has 0 aliphatic carbocycles. The SMILES string of the molecule is COC(=O)c1cc2c(Br)cccc2nc1C. The van der Waals surface area contributed by atoms with Gasteiger partial charge in [-0.3, -0.25) is 4.98 Å². The summed E-state index contributed by atoms with van der Waals surface area (Å²) >= 11 is 3.43. The standard InChI is InChI=1S/C12H10BrNO2/c1-7-8(12(15)16-2)6-9-10(13)4-3-5-11(9)14-7/h3-6H,1-2H3. The Labute approximate surface area is 102 Å². The van der Waals surface area contributed by atoms with Gasteiger partial charge in [0, 0.05) is 9.86 Å². The predicted octanol–water partition coefficient (Wildman–Crippen LogP) is 3.09. The van der Waals surface area contributed by atoms with Crippen LogP contribution in [0, 0.1) is 6.92 Å². The summed E-state index contributed by atoms with van der Waals surface area (Å²) in [6.45, 7) is 1.80. The third kappa shape index (κ3) is 1.80. The summed E-state index contributed by atoms with van der Waals surface area (Å²) in [5, 5.41) is 0.911. The van der Waals surface area contributed by atoms with E-state index in [4.69, 9.17) is 4.74 Å². The monoisotopic (exact) mass is 279 g/mol. The van der Waals surface area contributed by atoms with Crippen molar-refractivity contribution in [2.45, 2.75) is 6.92 Å². The normalized spacial score (nSPS) is 10.4. The van der Waals surface area contributed by atoms with Crippen LogP contribution in [0.4, 0.5) is 0 Å². The fraction of sp³-hybridized carbons (Fsp3) is 0.167. The zero-order valence-electron chi connectivity index (χ0n) is 8.95. The fourth-order valence-corrected chi connectivity index (χ4v) is 2.04. The Morgan fingerprint density at radius 3 is 2.88 bits per heavy atom. The number of carbonyl (C=O) groups is 1. The van der Waals surface area contributed by atoms with E-state index < -0.39 is 0 Å². The molecule has 2 rings (SSSR count). The van der Waals surface area contributed by atoms with Crippen LogP contribution in [0.1, 0.15) is 16.1 Å². The largest absolute Gasteiger partial charge is 0.465 e. The van der Waals surface area contributed by atoms with Crippen LogP contribution in [0.5, 0.6) is 0 Å². The lowest BCUT2D eigenvalue weighted by atomic mass is 10.1. The number of hydrogen-bond acceptors (Lipinski definition) is 3. The summed E-state index contributed by atoms with van der Waals surface area (Å²) in [6.07, 6.45) is 0. The van der Waals surface area contributed by atoms with Crippen molar-refractivity contribution in [3.8, 4) is 0 Å².